The molecule has 6 nitrogen and oxygen atoms in total. The number of hydrogen-bond acceptors (Lipinski definition) is 6. The Kier molecular flexibility index (Phi) is 64.2. The van der Waals surface area contributed by atoms with E-state index in [1.807, 2.05) is 0 Å². The van der Waals surface area contributed by atoms with Gasteiger partial charge in [0.15, 0.2) is 6.10 Å². The molecule has 0 aliphatic rings. The Bertz CT molecular complexity index is 1390. The molecule has 0 aromatic heterocycles. The molecule has 78 heavy (non-hydrogen) atoms. The van der Waals surface area contributed by atoms with Gasteiger partial charge in [0.1, 0.15) is 13.2 Å². The topological polar surface area (TPSA) is 78.9 Å². The van der Waals surface area contributed by atoms with Crippen LogP contribution in [0, 0.1) is 0 Å². The standard InChI is InChI=1S/C72H130O6/c1-4-7-10-13-16-19-22-25-28-30-31-32-33-34-35-36-37-38-39-40-41-42-45-47-50-53-56-59-62-65-71(74)77-68-69(67-76-70(73)64-61-58-55-52-49-46-43-27-24-21-18-15-12-9-6-3)78-72(75)66-63-60-57-54-51-48-44-29-26-23-20-17-14-11-8-5-2/h9,12,18,21-22,25,27,30-31,43,69H,4-8,10-11,13-17,19-20,23-24,26,28-29,32-42,44-68H2,1-3H3/b12-9-,21-18-,25-22-,31-30-,43-27-. The molecule has 0 bridgehead atoms. The van der Waals surface area contributed by atoms with Gasteiger partial charge >= 0.3 is 17.9 Å². The zero-order valence-electron chi connectivity index (χ0n) is 52.2. The largest absolute Gasteiger partial charge is 0.462 e. The normalized spacial score (nSPS) is 12.4. The van der Waals surface area contributed by atoms with Crippen LogP contribution in [0.3, 0.4) is 0 Å². The maximum Gasteiger partial charge on any atom is 0.306 e. The molecule has 6 heteroatoms. The van der Waals surface area contributed by atoms with Gasteiger partial charge in [-0.25, -0.2) is 0 Å². The molecule has 1 atom stereocenters. The summed E-state index contributed by atoms with van der Waals surface area (Å²) in [4.78, 5) is 38.4. The second kappa shape index (κ2) is 66.6. The fourth-order valence-corrected chi connectivity index (χ4v) is 10.1. The van der Waals surface area contributed by atoms with Gasteiger partial charge in [0.25, 0.3) is 0 Å². The van der Waals surface area contributed by atoms with Gasteiger partial charge in [-0.05, 0) is 83.5 Å². The molecule has 0 saturated heterocycles. The minimum atomic E-state index is -0.779. The smallest absolute Gasteiger partial charge is 0.306 e. The monoisotopic (exact) mass is 1090 g/mol. The summed E-state index contributed by atoms with van der Waals surface area (Å²) >= 11 is 0. The Hall–Kier alpha value is -2.89. The molecule has 0 fully saturated rings. The van der Waals surface area contributed by atoms with Crippen LogP contribution in [-0.2, 0) is 28.6 Å². The van der Waals surface area contributed by atoms with Crippen LogP contribution in [-0.4, -0.2) is 37.2 Å². The van der Waals surface area contributed by atoms with Crippen LogP contribution in [0.4, 0.5) is 0 Å². The van der Waals surface area contributed by atoms with Crippen LogP contribution in [0.2, 0.25) is 0 Å². The van der Waals surface area contributed by atoms with E-state index in [4.69, 9.17) is 14.2 Å². The molecule has 1 unspecified atom stereocenters. The van der Waals surface area contributed by atoms with E-state index in [0.717, 1.165) is 103 Å². The molecule has 0 spiro atoms. The zero-order valence-corrected chi connectivity index (χ0v) is 52.2. The van der Waals surface area contributed by atoms with Crippen molar-refractivity contribution in [1.82, 2.24) is 0 Å². The van der Waals surface area contributed by atoms with Crippen LogP contribution in [0.15, 0.2) is 60.8 Å². The number of ether oxygens (including phenoxy) is 3. The Morgan fingerprint density at radius 3 is 0.782 bits per heavy atom. The average molecular weight is 1090 g/mol. The van der Waals surface area contributed by atoms with Crippen LogP contribution < -0.4 is 0 Å². The van der Waals surface area contributed by atoms with E-state index < -0.39 is 6.10 Å². The summed E-state index contributed by atoms with van der Waals surface area (Å²) < 4.78 is 17.0. The summed E-state index contributed by atoms with van der Waals surface area (Å²) in [5, 5.41) is 0. The number of rotatable bonds is 63. The predicted octanol–water partition coefficient (Wildman–Crippen LogP) is 23.5. The van der Waals surface area contributed by atoms with Crippen molar-refractivity contribution < 1.29 is 28.6 Å². The van der Waals surface area contributed by atoms with Gasteiger partial charge in [-0.1, -0.05) is 319 Å². The SMILES string of the molecule is CC/C=C\C/C=C\C/C=C\CCCCCCCC(=O)OCC(COC(=O)CCCCCCCCCCCCCCCCCCC/C=C\C/C=C\CCCCCCC)OC(=O)CCCCCCCCCCCCCCCCCC. The third-order valence-corrected chi connectivity index (χ3v) is 15.3. The minimum absolute atomic E-state index is 0.0753. The van der Waals surface area contributed by atoms with Crippen molar-refractivity contribution in [3.8, 4) is 0 Å². The lowest BCUT2D eigenvalue weighted by Gasteiger charge is -2.18. The summed E-state index contributed by atoms with van der Waals surface area (Å²) in [5.41, 5.74) is 0. The minimum Gasteiger partial charge on any atom is -0.462 e. The van der Waals surface area contributed by atoms with Crippen LogP contribution in [0.25, 0.3) is 0 Å². The Balaban J connectivity index is 4.21. The lowest BCUT2D eigenvalue weighted by Crippen LogP contribution is -2.30. The van der Waals surface area contributed by atoms with E-state index in [9.17, 15) is 14.4 Å². The first-order valence-corrected chi connectivity index (χ1v) is 34.3. The van der Waals surface area contributed by atoms with Crippen LogP contribution >= 0.6 is 0 Å². The van der Waals surface area contributed by atoms with Crippen molar-refractivity contribution in [3.63, 3.8) is 0 Å². The summed E-state index contributed by atoms with van der Waals surface area (Å²) in [7, 11) is 0. The Morgan fingerprint density at radius 2 is 0.500 bits per heavy atom. The van der Waals surface area contributed by atoms with Crippen molar-refractivity contribution in [2.45, 2.75) is 367 Å². The Labute approximate surface area is 485 Å². The van der Waals surface area contributed by atoms with E-state index in [2.05, 4.69) is 81.5 Å². The summed E-state index contributed by atoms with van der Waals surface area (Å²) in [6, 6.07) is 0. The van der Waals surface area contributed by atoms with E-state index in [-0.39, 0.29) is 31.1 Å². The first kappa shape index (κ1) is 75.1. The number of carbonyl (C=O) groups excluding carboxylic acids is 3. The quantitative estimate of drug-likeness (QED) is 0.0261. The summed E-state index contributed by atoms with van der Waals surface area (Å²) in [5.74, 6) is -0.870. The fourth-order valence-electron chi connectivity index (χ4n) is 10.1. The first-order chi connectivity index (χ1) is 38.5. The molecule has 0 amide bonds. The molecule has 0 aromatic rings. The second-order valence-corrected chi connectivity index (χ2v) is 23.1. The van der Waals surface area contributed by atoms with Gasteiger partial charge in [-0.3, -0.25) is 14.4 Å². The van der Waals surface area contributed by atoms with Gasteiger partial charge in [-0.15, -0.1) is 0 Å². The van der Waals surface area contributed by atoms with Crippen molar-refractivity contribution in [1.29, 1.82) is 0 Å². The van der Waals surface area contributed by atoms with Crippen molar-refractivity contribution in [3.05, 3.63) is 60.8 Å². The number of hydrogen-bond donors (Lipinski definition) is 0. The third kappa shape index (κ3) is 63.9. The number of esters is 3. The molecule has 0 radical (unpaired) electrons. The predicted molar refractivity (Wildman–Crippen MR) is 339 cm³/mol. The molecular formula is C72H130O6. The van der Waals surface area contributed by atoms with Gasteiger partial charge in [0.05, 0.1) is 0 Å². The van der Waals surface area contributed by atoms with E-state index in [1.165, 1.54) is 218 Å². The molecule has 454 valence electrons. The van der Waals surface area contributed by atoms with E-state index in [0.29, 0.717) is 19.3 Å². The van der Waals surface area contributed by atoms with Crippen molar-refractivity contribution in [2.24, 2.45) is 0 Å². The van der Waals surface area contributed by atoms with Crippen LogP contribution in [0.5, 0.6) is 0 Å². The van der Waals surface area contributed by atoms with E-state index in [1.54, 1.807) is 0 Å². The van der Waals surface area contributed by atoms with Gasteiger partial charge in [-0.2, -0.15) is 0 Å². The molecule has 0 N–H and O–H groups in total. The maximum absolute atomic E-state index is 12.9. The zero-order chi connectivity index (χ0) is 56.4. The highest BCUT2D eigenvalue weighted by Crippen LogP contribution is 2.18. The van der Waals surface area contributed by atoms with Gasteiger partial charge < -0.3 is 14.2 Å². The van der Waals surface area contributed by atoms with Crippen LogP contribution in [0.1, 0.15) is 361 Å². The Morgan fingerprint density at radius 1 is 0.269 bits per heavy atom. The maximum atomic E-state index is 12.9. The molecule has 0 aliphatic carbocycles. The fraction of sp³-hybridized carbons (Fsp3) is 0.819. The van der Waals surface area contributed by atoms with Crippen molar-refractivity contribution in [2.75, 3.05) is 13.2 Å². The molecule has 0 aliphatic heterocycles. The highest BCUT2D eigenvalue weighted by Gasteiger charge is 2.19. The second-order valence-electron chi connectivity index (χ2n) is 23.1. The summed E-state index contributed by atoms with van der Waals surface area (Å²) in [6.07, 6.45) is 85.3. The molecule has 0 saturated carbocycles. The van der Waals surface area contributed by atoms with E-state index >= 15 is 0 Å². The lowest BCUT2D eigenvalue weighted by atomic mass is 10.0. The molecular weight excluding hydrogens is 961 g/mol. The van der Waals surface area contributed by atoms with Gasteiger partial charge in [0, 0.05) is 19.3 Å². The summed E-state index contributed by atoms with van der Waals surface area (Å²) in [6.45, 7) is 6.56. The number of unbranched alkanes of at least 4 members (excludes halogenated alkanes) is 42. The highest BCUT2D eigenvalue weighted by atomic mass is 16.6. The third-order valence-electron chi connectivity index (χ3n) is 15.3. The van der Waals surface area contributed by atoms with Crippen molar-refractivity contribution >= 4 is 17.9 Å². The molecule has 0 heterocycles. The molecule has 0 aromatic carbocycles. The first-order valence-electron chi connectivity index (χ1n) is 34.3. The number of allylic oxidation sites excluding steroid dienone is 10. The highest BCUT2D eigenvalue weighted by molar-refractivity contribution is 5.71. The molecule has 0 rings (SSSR count). The number of carbonyl (C=O) groups is 3. The lowest BCUT2D eigenvalue weighted by molar-refractivity contribution is -0.167. The van der Waals surface area contributed by atoms with Gasteiger partial charge in [0.2, 0.25) is 0 Å². The average Bonchev–Trinajstić information content (AvgIpc) is 3.44.